The van der Waals surface area contributed by atoms with Crippen molar-refractivity contribution in [1.82, 2.24) is 0 Å². The minimum absolute atomic E-state index is 0.621. The first-order valence-electron chi connectivity index (χ1n) is 20.7. The second kappa shape index (κ2) is 15.4. The van der Waals surface area contributed by atoms with E-state index < -0.39 is 0 Å². The van der Waals surface area contributed by atoms with E-state index in [1.165, 1.54) is 118 Å². The predicted molar refractivity (Wildman–Crippen MR) is 249 cm³/mol. The van der Waals surface area contributed by atoms with Gasteiger partial charge in [-0.15, -0.1) is 0 Å². The first-order valence-corrected chi connectivity index (χ1v) is 20.7. The number of aryl methyl sites for hydroxylation is 3. The van der Waals surface area contributed by atoms with Crippen LogP contribution in [0, 0.1) is 13.8 Å². The molecule has 8 aromatic carbocycles. The number of allylic oxidation sites excluding steroid dienone is 1. The maximum absolute atomic E-state index is 4.19. The van der Waals surface area contributed by atoms with Gasteiger partial charge in [0.05, 0.1) is 0 Å². The third-order valence-corrected chi connectivity index (χ3v) is 12.1. The summed E-state index contributed by atoms with van der Waals surface area (Å²) in [5.74, 6) is 0.621. The molecule has 9 rings (SSSR count). The fourth-order valence-corrected chi connectivity index (χ4v) is 9.06. The summed E-state index contributed by atoms with van der Waals surface area (Å²) < 4.78 is 0. The van der Waals surface area contributed by atoms with Gasteiger partial charge >= 0.3 is 0 Å². The highest BCUT2D eigenvalue weighted by Gasteiger charge is 2.27. The highest BCUT2D eigenvalue weighted by Crippen LogP contribution is 2.47. The Morgan fingerprint density at radius 1 is 0.544 bits per heavy atom. The van der Waals surface area contributed by atoms with E-state index in [2.05, 4.69) is 192 Å². The van der Waals surface area contributed by atoms with Gasteiger partial charge < -0.3 is 0 Å². The van der Waals surface area contributed by atoms with Crippen molar-refractivity contribution in [2.24, 2.45) is 0 Å². The highest BCUT2D eigenvalue weighted by molar-refractivity contribution is 6.04. The van der Waals surface area contributed by atoms with E-state index in [-0.39, 0.29) is 0 Å². The van der Waals surface area contributed by atoms with Crippen molar-refractivity contribution in [1.29, 1.82) is 0 Å². The van der Waals surface area contributed by atoms with E-state index in [1.54, 1.807) is 0 Å². The molecule has 0 aromatic heterocycles. The second-order valence-electron chi connectivity index (χ2n) is 16.0. The summed E-state index contributed by atoms with van der Waals surface area (Å²) in [6.45, 7) is 13.2. The molecule has 0 unspecified atom stereocenters. The molecule has 0 N–H and O–H groups in total. The summed E-state index contributed by atoms with van der Waals surface area (Å²) in [5, 5.41) is 5.06. The number of hydrogen-bond acceptors (Lipinski definition) is 0. The second-order valence-corrected chi connectivity index (χ2v) is 16.0. The van der Waals surface area contributed by atoms with Crippen LogP contribution in [-0.2, 0) is 6.42 Å². The van der Waals surface area contributed by atoms with Gasteiger partial charge in [-0.25, -0.2) is 0 Å². The molecule has 0 spiro atoms. The molecule has 57 heavy (non-hydrogen) atoms. The number of hydrogen-bond donors (Lipinski definition) is 0. The molecule has 1 aliphatic rings. The smallest absolute Gasteiger partial charge is 0.00988 e. The van der Waals surface area contributed by atoms with Crippen molar-refractivity contribution in [3.8, 4) is 55.6 Å². The summed E-state index contributed by atoms with van der Waals surface area (Å²) in [7, 11) is 0. The van der Waals surface area contributed by atoms with E-state index in [0.717, 1.165) is 18.4 Å². The molecule has 0 radical (unpaired) electrons. The van der Waals surface area contributed by atoms with E-state index in [4.69, 9.17) is 0 Å². The fraction of sp³-hybridized carbons (Fsp3) is 0.158. The predicted octanol–water partition coefficient (Wildman–Crippen LogP) is 16.5. The molecule has 0 aliphatic heterocycles. The van der Waals surface area contributed by atoms with Crippen LogP contribution in [0.3, 0.4) is 0 Å². The van der Waals surface area contributed by atoms with Gasteiger partial charge in [-0.1, -0.05) is 147 Å². The Morgan fingerprint density at radius 2 is 1.19 bits per heavy atom. The Balaban J connectivity index is 1.17. The summed E-state index contributed by atoms with van der Waals surface area (Å²) in [5.41, 5.74) is 20.8. The Morgan fingerprint density at radius 3 is 1.95 bits per heavy atom. The van der Waals surface area contributed by atoms with Crippen LogP contribution in [0.1, 0.15) is 72.4 Å². The van der Waals surface area contributed by atoms with Crippen LogP contribution in [0.25, 0.3) is 89.3 Å². The Bertz CT molecular complexity index is 2860. The van der Waals surface area contributed by atoms with Gasteiger partial charge in [-0.3, -0.25) is 0 Å². The van der Waals surface area contributed by atoms with Crippen LogP contribution in [0.15, 0.2) is 158 Å². The summed E-state index contributed by atoms with van der Waals surface area (Å²) in [6, 6.07) is 55.1. The maximum Gasteiger partial charge on any atom is -0.00988 e. The monoisotopic (exact) mass is 734 g/mol. The zero-order valence-electron chi connectivity index (χ0n) is 33.7. The van der Waals surface area contributed by atoms with Gasteiger partial charge in [0, 0.05) is 0 Å². The lowest BCUT2D eigenvalue weighted by Gasteiger charge is -2.20. The summed E-state index contributed by atoms with van der Waals surface area (Å²) >= 11 is 0. The van der Waals surface area contributed by atoms with Crippen LogP contribution in [0.5, 0.6) is 0 Å². The molecule has 0 heteroatoms. The molecule has 1 aliphatic carbocycles. The Hall–Kier alpha value is -6.24. The molecular weight excluding hydrogens is 685 g/mol. The van der Waals surface area contributed by atoms with Crippen LogP contribution in [-0.4, -0.2) is 0 Å². The Labute approximate surface area is 338 Å². The van der Waals surface area contributed by atoms with Gasteiger partial charge in [-0.05, 0) is 193 Å². The van der Waals surface area contributed by atoms with Crippen LogP contribution >= 0.6 is 0 Å². The van der Waals surface area contributed by atoms with Gasteiger partial charge in [0.25, 0.3) is 0 Å². The molecule has 278 valence electrons. The first kappa shape index (κ1) is 36.4. The van der Waals surface area contributed by atoms with Crippen LogP contribution in [0.4, 0.5) is 0 Å². The van der Waals surface area contributed by atoms with E-state index >= 15 is 0 Å². The SMILES string of the molecule is C=Cc1cc(-c2cccc(-c3ccc(C4CC4)c(-c4cc(-c5cc(-c6ccc7ccccc7c6)ccc5CCC)c(C)cc4C)c3)c2)c2ccccc2c1/C=C\C. The molecule has 8 aromatic rings. The zero-order chi connectivity index (χ0) is 39.0. The maximum atomic E-state index is 4.19. The quantitative estimate of drug-likeness (QED) is 0.131. The molecule has 0 heterocycles. The average molecular weight is 735 g/mol. The third kappa shape index (κ3) is 6.95. The fourth-order valence-electron chi connectivity index (χ4n) is 9.06. The molecule has 0 bridgehead atoms. The Kier molecular flexibility index (Phi) is 9.81. The topological polar surface area (TPSA) is 0 Å². The van der Waals surface area contributed by atoms with E-state index in [0.29, 0.717) is 5.92 Å². The van der Waals surface area contributed by atoms with Gasteiger partial charge in [-0.2, -0.15) is 0 Å². The highest BCUT2D eigenvalue weighted by atomic mass is 14.3. The minimum Gasteiger partial charge on any atom is -0.0984 e. The zero-order valence-corrected chi connectivity index (χ0v) is 33.7. The summed E-state index contributed by atoms with van der Waals surface area (Å²) in [4.78, 5) is 0. The molecule has 0 atom stereocenters. The first-order chi connectivity index (χ1) is 27.9. The standard InChI is InChI=1S/C57H50/c1-6-14-41-25-27-46(45-26-22-40-16-9-10-17-43(40)31-45)34-55(41)53-36-54(38(5)30-37(53)4)57-35-47(28-29-50(57)42-23-24-42)44-18-13-19-48(32-44)56-33-39(8-3)49(15-7-2)51-20-11-12-21-52(51)56/h7-13,15-22,25-36,42H,3,6,14,23-24H2,1-2,4-5H3/b15-7-. The third-order valence-electron chi connectivity index (χ3n) is 12.1. The van der Waals surface area contributed by atoms with Crippen LogP contribution < -0.4 is 0 Å². The van der Waals surface area contributed by atoms with Crippen molar-refractivity contribution < 1.29 is 0 Å². The average Bonchev–Trinajstić information content (AvgIpc) is 4.10. The molecule has 0 saturated heterocycles. The van der Waals surface area contributed by atoms with Crippen molar-refractivity contribution >= 4 is 33.7 Å². The number of fused-ring (bicyclic) bond motifs is 2. The van der Waals surface area contributed by atoms with Gasteiger partial charge in [0.1, 0.15) is 0 Å². The molecular formula is C57H50. The lowest BCUT2D eigenvalue weighted by atomic mass is 9.84. The lowest BCUT2D eigenvalue weighted by molar-refractivity contribution is 0.923. The molecule has 1 fully saturated rings. The largest absolute Gasteiger partial charge is 0.0984 e. The van der Waals surface area contributed by atoms with E-state index in [9.17, 15) is 0 Å². The number of benzene rings is 8. The van der Waals surface area contributed by atoms with Gasteiger partial charge in [0.15, 0.2) is 0 Å². The lowest BCUT2D eigenvalue weighted by Crippen LogP contribution is -1.97. The minimum atomic E-state index is 0.621. The van der Waals surface area contributed by atoms with Crippen molar-refractivity contribution in [2.45, 2.75) is 59.3 Å². The van der Waals surface area contributed by atoms with E-state index in [1.807, 2.05) is 6.08 Å². The van der Waals surface area contributed by atoms with Gasteiger partial charge in [0.2, 0.25) is 0 Å². The van der Waals surface area contributed by atoms with Crippen molar-refractivity contribution in [3.05, 3.63) is 192 Å². The summed E-state index contributed by atoms with van der Waals surface area (Å²) in [6.07, 6.45) is 11.0. The molecule has 0 amide bonds. The normalized spacial score (nSPS) is 12.8. The molecule has 0 nitrogen and oxygen atoms in total. The van der Waals surface area contributed by atoms with Crippen molar-refractivity contribution in [3.63, 3.8) is 0 Å². The molecule has 1 saturated carbocycles. The van der Waals surface area contributed by atoms with Crippen molar-refractivity contribution in [2.75, 3.05) is 0 Å². The van der Waals surface area contributed by atoms with Crippen LogP contribution in [0.2, 0.25) is 0 Å². The number of rotatable bonds is 10.